The highest BCUT2D eigenvalue weighted by atomic mass is 28.3. The van der Waals surface area contributed by atoms with Crippen molar-refractivity contribution in [2.24, 2.45) is 0 Å². The molecule has 4 amide bonds. The summed E-state index contributed by atoms with van der Waals surface area (Å²) in [6.07, 6.45) is 2.07. The number of anilines is 3. The van der Waals surface area contributed by atoms with Gasteiger partial charge in [-0.2, -0.15) is 0 Å². The molecule has 6 heterocycles. The van der Waals surface area contributed by atoms with Crippen LogP contribution in [0.25, 0.3) is 11.0 Å². The van der Waals surface area contributed by atoms with Gasteiger partial charge in [0.2, 0.25) is 0 Å². The minimum Gasteiger partial charge on any atom is -0.422 e. The maximum absolute atomic E-state index is 15.5. The fraction of sp³-hybridized carbons (Fsp3) is 0.385. The molecule has 5 aliphatic heterocycles. The molecule has 1 spiro atoms. The van der Waals surface area contributed by atoms with Crippen LogP contribution in [0.5, 0.6) is 0 Å². The number of carbonyl (C=O) groups excluding carboxylic acids is 5. The van der Waals surface area contributed by atoms with Gasteiger partial charge in [-0.15, -0.1) is 5.06 Å². The van der Waals surface area contributed by atoms with Gasteiger partial charge in [-0.05, 0) is 95.0 Å². The Morgan fingerprint density at radius 3 is 1.84 bits per heavy atom. The fourth-order valence-corrected chi connectivity index (χ4v) is 13.3. The highest BCUT2D eigenvalue weighted by Gasteiger charge is 2.59. The number of rotatable bonds is 18. The molecule has 5 aromatic rings. The van der Waals surface area contributed by atoms with Crippen LogP contribution in [0.1, 0.15) is 73.4 Å². The van der Waals surface area contributed by atoms with Gasteiger partial charge in [-0.1, -0.05) is 25.2 Å². The van der Waals surface area contributed by atoms with E-state index >= 15 is 4.79 Å². The average molecular weight is 970 g/mol. The van der Waals surface area contributed by atoms with Crippen LogP contribution in [0.4, 0.5) is 17.1 Å². The van der Waals surface area contributed by atoms with Crippen molar-refractivity contribution in [2.45, 2.75) is 44.3 Å². The second-order valence-electron chi connectivity index (χ2n) is 18.6. The molecule has 70 heavy (non-hydrogen) atoms. The molecular weight excluding hydrogens is 915 g/mol. The first-order chi connectivity index (χ1) is 33.9. The number of hydroxylamine groups is 2. The van der Waals surface area contributed by atoms with Crippen molar-refractivity contribution in [3.63, 3.8) is 0 Å². The average Bonchev–Trinajstić information content (AvgIpc) is 3.77. The number of hydrogen-bond donors (Lipinski definition) is 1. The lowest BCUT2D eigenvalue weighted by Crippen LogP contribution is -2.66. The van der Waals surface area contributed by atoms with Crippen LogP contribution in [-0.2, 0) is 38.9 Å². The van der Waals surface area contributed by atoms with Crippen LogP contribution in [0.2, 0.25) is 13.1 Å². The van der Waals surface area contributed by atoms with E-state index in [2.05, 4.69) is 64.6 Å². The number of nitrogens with one attached hydrogen (secondary N) is 1. The summed E-state index contributed by atoms with van der Waals surface area (Å²) in [5.41, 5.74) is 2.96. The highest BCUT2D eigenvalue weighted by Crippen LogP contribution is 2.53. The fourth-order valence-electron chi connectivity index (χ4n) is 10.2. The zero-order valence-electron chi connectivity index (χ0n) is 39.5. The molecule has 364 valence electrons. The minimum absolute atomic E-state index is 0.0475. The molecule has 10 rings (SSSR count). The Hall–Kier alpha value is -6.70. The summed E-state index contributed by atoms with van der Waals surface area (Å²) >= 11 is 0. The molecule has 1 aromatic heterocycles. The van der Waals surface area contributed by atoms with Crippen molar-refractivity contribution in [1.82, 2.24) is 10.4 Å². The van der Waals surface area contributed by atoms with Crippen molar-refractivity contribution < 1.29 is 52.2 Å². The summed E-state index contributed by atoms with van der Waals surface area (Å²) in [6.45, 7) is 11.3. The van der Waals surface area contributed by atoms with E-state index in [1.807, 2.05) is 0 Å². The van der Waals surface area contributed by atoms with Gasteiger partial charge in [-0.3, -0.25) is 24.1 Å². The second kappa shape index (κ2) is 19.2. The van der Waals surface area contributed by atoms with Crippen LogP contribution >= 0.6 is 0 Å². The van der Waals surface area contributed by atoms with Crippen molar-refractivity contribution >= 4 is 76.1 Å². The van der Waals surface area contributed by atoms with E-state index in [1.54, 1.807) is 42.3 Å². The summed E-state index contributed by atoms with van der Waals surface area (Å²) in [4.78, 5) is 93.4. The van der Waals surface area contributed by atoms with Crippen LogP contribution in [-0.4, -0.2) is 129 Å². The lowest BCUT2D eigenvalue weighted by atomic mass is 9.75. The van der Waals surface area contributed by atoms with Gasteiger partial charge in [0.25, 0.3) is 23.6 Å². The summed E-state index contributed by atoms with van der Waals surface area (Å²) in [7, 11) is -0.975. The lowest BCUT2D eigenvalue weighted by molar-refractivity contribution is -0.172. The highest BCUT2D eigenvalue weighted by molar-refractivity contribution is 7.01. The Morgan fingerprint density at radius 2 is 1.26 bits per heavy atom. The number of fused-ring (bicyclic) bond motifs is 7. The Kier molecular flexibility index (Phi) is 12.9. The summed E-state index contributed by atoms with van der Waals surface area (Å²) in [5.74, 6) is -3.12. The first kappa shape index (κ1) is 47.0. The smallest absolute Gasteiger partial charge is 0.363 e. The zero-order chi connectivity index (χ0) is 48.7. The monoisotopic (exact) mass is 969 g/mol. The van der Waals surface area contributed by atoms with Crippen molar-refractivity contribution in [3.8, 4) is 0 Å². The van der Waals surface area contributed by atoms with Gasteiger partial charge in [0.1, 0.15) is 24.8 Å². The summed E-state index contributed by atoms with van der Waals surface area (Å²) in [6, 6.07) is 24.3. The Balaban J connectivity index is 1.02. The SMILES string of the molecule is COCCOCCOCCOCCNC(=O)c1cc2ccc(N3C(=O)c4ccc(C(=O)ON5C(=O)CCC5=O)cc4C34c3ccc(N5CCC5)cc3[Si](C)(C)c3cc(N5CCC5)ccc34)cc2oc1=O. The van der Waals surface area contributed by atoms with Gasteiger partial charge in [0, 0.05) is 92.3 Å². The molecule has 3 saturated heterocycles. The number of hydrogen-bond acceptors (Lipinski definition) is 14. The molecule has 17 nitrogen and oxygen atoms in total. The number of imide groups is 1. The third kappa shape index (κ3) is 8.26. The predicted molar refractivity (Wildman–Crippen MR) is 262 cm³/mol. The van der Waals surface area contributed by atoms with E-state index in [9.17, 15) is 24.0 Å². The van der Waals surface area contributed by atoms with E-state index in [0.29, 0.717) is 66.9 Å². The number of benzene rings is 4. The van der Waals surface area contributed by atoms with Gasteiger partial charge in [0.05, 0.1) is 51.8 Å². The van der Waals surface area contributed by atoms with E-state index < -0.39 is 42.9 Å². The number of ether oxygens (including phenoxy) is 4. The van der Waals surface area contributed by atoms with Crippen LogP contribution in [0.3, 0.4) is 0 Å². The number of nitrogens with zero attached hydrogens (tertiary/aromatic N) is 4. The molecule has 1 N–H and O–H groups in total. The molecule has 18 heteroatoms. The molecule has 0 bridgehead atoms. The first-order valence-electron chi connectivity index (χ1n) is 23.9. The molecular formula is C52H55N5O12Si. The van der Waals surface area contributed by atoms with Crippen molar-refractivity contribution in [1.29, 1.82) is 0 Å². The maximum atomic E-state index is 15.5. The first-order valence-corrected chi connectivity index (χ1v) is 26.9. The Morgan fingerprint density at radius 1 is 0.671 bits per heavy atom. The van der Waals surface area contributed by atoms with Crippen LogP contribution in [0.15, 0.2) is 88.1 Å². The van der Waals surface area contributed by atoms with Crippen molar-refractivity contribution in [3.05, 3.63) is 123 Å². The van der Waals surface area contributed by atoms with Gasteiger partial charge >= 0.3 is 11.6 Å². The van der Waals surface area contributed by atoms with Crippen LogP contribution < -0.4 is 36.0 Å². The number of carbonyl (C=O) groups is 5. The van der Waals surface area contributed by atoms with E-state index in [0.717, 1.165) is 71.9 Å². The normalized spacial score (nSPS) is 17.4. The molecule has 0 atom stereocenters. The Labute approximate surface area is 405 Å². The lowest BCUT2D eigenvalue weighted by Gasteiger charge is -2.50. The molecule has 5 aliphatic rings. The second-order valence-corrected chi connectivity index (χ2v) is 22.9. The quantitative estimate of drug-likeness (QED) is 0.0576. The Bertz CT molecular complexity index is 2900. The third-order valence-electron chi connectivity index (χ3n) is 14.1. The maximum Gasteiger partial charge on any atom is 0.363 e. The van der Waals surface area contributed by atoms with E-state index in [-0.39, 0.29) is 48.6 Å². The topological polar surface area (TPSA) is 187 Å². The zero-order valence-corrected chi connectivity index (χ0v) is 40.5. The van der Waals surface area contributed by atoms with Crippen molar-refractivity contribution in [2.75, 3.05) is 101 Å². The molecule has 0 saturated carbocycles. The number of amides is 4. The summed E-state index contributed by atoms with van der Waals surface area (Å²) in [5, 5.41) is 5.95. The minimum atomic E-state index is -2.58. The summed E-state index contributed by atoms with van der Waals surface area (Å²) < 4.78 is 27.3. The third-order valence-corrected chi connectivity index (χ3v) is 17.6. The molecule has 0 radical (unpaired) electrons. The molecule has 4 aromatic carbocycles. The van der Waals surface area contributed by atoms with Gasteiger partial charge in [-0.25, -0.2) is 9.59 Å². The van der Waals surface area contributed by atoms with Crippen LogP contribution in [0, 0.1) is 0 Å². The van der Waals surface area contributed by atoms with Gasteiger partial charge in [0.15, 0.2) is 0 Å². The van der Waals surface area contributed by atoms with E-state index in [4.69, 9.17) is 28.2 Å². The van der Waals surface area contributed by atoms with E-state index in [1.165, 1.54) is 12.1 Å². The number of methoxy groups -OCH3 is 1. The molecule has 0 unspecified atom stereocenters. The molecule has 3 fully saturated rings. The standard InChI is InChI=1S/C52H55N5O12Si/c1-64-22-23-66-26-27-67-25-24-65-21-16-53-48(60)39-28-33-6-8-37(30-43(33)68-51(39)63)56-49(61)38-11-7-34(50(62)69-57-46(58)14-15-47(57)59)29-42(38)52(56)40-12-9-35(54-17-4-18-54)31-44(40)70(2,3)45-32-36(10-13-41(45)52)55-19-5-20-55/h6-13,28-32H,4-5,14-27H2,1-3H3,(H,53,60). The molecule has 0 aliphatic carbocycles. The van der Waals surface area contributed by atoms with Gasteiger partial charge < -0.3 is 43.3 Å². The largest absolute Gasteiger partial charge is 0.422 e. The predicted octanol–water partition coefficient (Wildman–Crippen LogP) is 3.95.